The molecule has 0 spiro atoms. The molecular formula is C47H58N3OSe3+. The summed E-state index contributed by atoms with van der Waals surface area (Å²) in [6.45, 7) is 12.5. The van der Waals surface area contributed by atoms with E-state index in [9.17, 15) is 0 Å². The van der Waals surface area contributed by atoms with Crippen molar-refractivity contribution in [3.63, 3.8) is 0 Å². The summed E-state index contributed by atoms with van der Waals surface area (Å²) in [7, 11) is 0. The first-order valence-electron chi connectivity index (χ1n) is 20.6. The van der Waals surface area contributed by atoms with Crippen LogP contribution in [-0.2, 0) is 11.3 Å². The van der Waals surface area contributed by atoms with Gasteiger partial charge in [0, 0.05) is 0 Å². The number of para-hydroxylation sites is 3. The number of nitrogens with zero attached hydrogens (tertiary/aromatic N) is 3. The molecule has 3 heterocycles. The van der Waals surface area contributed by atoms with E-state index < -0.39 is 0 Å². The van der Waals surface area contributed by atoms with Crippen LogP contribution in [0.3, 0.4) is 0 Å². The number of unbranched alkanes of at least 4 members (excludes halogenated alkanes) is 6. The SMILES string of the molecule is CCCCCN1/C(=C/C=C2\CCCC(/C=C/c3[se]c4ccccc4[n+]3CCCCC)=C2OC2(C)[Se]c3ccccc3N2CCCCC)[Se]c2ccccc21. The van der Waals surface area contributed by atoms with Gasteiger partial charge in [-0.15, -0.1) is 0 Å². The Bertz CT molecular complexity index is 2030. The standard InChI is InChI=1S/C47H58N3OSe3/c1-5-8-17-33-48-38-23-11-14-26-41(38)52-44(48)31-29-36-21-20-22-37(30-32-45-49(34-18-9-6-2)39-24-12-15-27-42(39)53-45)46(36)51-47(4)50(35-19-10-7-3)40-25-13-16-28-43(40)54-47/h11-16,23-32H,5-10,17-22,33-35H2,1-4H3/q+1. The van der Waals surface area contributed by atoms with Crippen molar-refractivity contribution < 1.29 is 9.30 Å². The van der Waals surface area contributed by atoms with Crippen molar-refractivity contribution in [2.45, 2.75) is 116 Å². The van der Waals surface area contributed by atoms with Crippen molar-refractivity contribution in [2.24, 2.45) is 0 Å². The first-order valence-corrected chi connectivity index (χ1v) is 25.7. The molecule has 7 heteroatoms. The number of anilines is 2. The fourth-order valence-corrected chi connectivity index (χ4v) is 15.1. The Morgan fingerprint density at radius 1 is 0.741 bits per heavy atom. The number of hydrogen-bond acceptors (Lipinski definition) is 3. The summed E-state index contributed by atoms with van der Waals surface area (Å²) in [5.74, 6) is 1.13. The van der Waals surface area contributed by atoms with Crippen molar-refractivity contribution in [1.29, 1.82) is 0 Å². The number of benzene rings is 3. The van der Waals surface area contributed by atoms with Crippen LogP contribution in [0, 0.1) is 0 Å². The number of fused-ring (bicyclic) bond motifs is 3. The molecule has 2 aliphatic heterocycles. The average molecular weight is 918 g/mol. The second-order valence-corrected chi connectivity index (χ2v) is 22.3. The van der Waals surface area contributed by atoms with Gasteiger partial charge in [-0.25, -0.2) is 0 Å². The van der Waals surface area contributed by atoms with Crippen LogP contribution >= 0.6 is 0 Å². The van der Waals surface area contributed by atoms with Gasteiger partial charge in [0.15, 0.2) is 0 Å². The molecule has 4 nitrogen and oxygen atoms in total. The molecule has 0 N–H and O–H groups in total. The molecule has 1 atom stereocenters. The summed E-state index contributed by atoms with van der Waals surface area (Å²) >= 11 is 0.765. The van der Waals surface area contributed by atoms with E-state index in [2.05, 4.69) is 139 Å². The van der Waals surface area contributed by atoms with Gasteiger partial charge in [0.2, 0.25) is 0 Å². The molecule has 1 aromatic heterocycles. The van der Waals surface area contributed by atoms with E-state index in [-0.39, 0.29) is 19.6 Å². The van der Waals surface area contributed by atoms with Gasteiger partial charge in [0.1, 0.15) is 0 Å². The van der Waals surface area contributed by atoms with E-state index in [1.807, 2.05) is 0 Å². The van der Waals surface area contributed by atoms with Gasteiger partial charge in [0.05, 0.1) is 0 Å². The van der Waals surface area contributed by atoms with Crippen LogP contribution < -0.4 is 23.3 Å². The molecule has 1 unspecified atom stereocenters. The van der Waals surface area contributed by atoms with E-state index in [0.717, 1.165) is 44.7 Å². The van der Waals surface area contributed by atoms with Crippen molar-refractivity contribution >= 4 is 80.6 Å². The summed E-state index contributed by atoms with van der Waals surface area (Å²) in [5, 5.41) is 0. The van der Waals surface area contributed by atoms with Gasteiger partial charge >= 0.3 is 346 Å². The Labute approximate surface area is 343 Å². The van der Waals surface area contributed by atoms with Gasteiger partial charge < -0.3 is 0 Å². The average Bonchev–Trinajstić information content (AvgIpc) is 3.82. The van der Waals surface area contributed by atoms with Crippen molar-refractivity contribution in [3.8, 4) is 0 Å². The molecule has 284 valence electrons. The molecular weight excluding hydrogens is 859 g/mol. The Morgan fingerprint density at radius 2 is 1.44 bits per heavy atom. The topological polar surface area (TPSA) is 19.6 Å². The molecule has 0 radical (unpaired) electrons. The molecule has 0 saturated carbocycles. The van der Waals surface area contributed by atoms with Crippen LogP contribution in [-0.4, -0.2) is 62.1 Å². The summed E-state index contributed by atoms with van der Waals surface area (Å²) in [6, 6.07) is 27.3. The third kappa shape index (κ3) is 8.94. The number of rotatable bonds is 17. The zero-order valence-electron chi connectivity index (χ0n) is 32.8. The molecule has 3 aromatic carbocycles. The van der Waals surface area contributed by atoms with Gasteiger partial charge in [-0.2, -0.15) is 0 Å². The van der Waals surface area contributed by atoms with Crippen molar-refractivity contribution in [1.82, 2.24) is 0 Å². The van der Waals surface area contributed by atoms with E-state index in [0.29, 0.717) is 29.5 Å². The first kappa shape index (κ1) is 39.5. The number of aryl methyl sites for hydroxylation is 1. The third-order valence-corrected chi connectivity index (χ3v) is 18.2. The second-order valence-electron chi connectivity index (χ2n) is 14.9. The van der Waals surface area contributed by atoms with Crippen LogP contribution in [0.25, 0.3) is 15.9 Å². The Balaban J connectivity index is 1.28. The van der Waals surface area contributed by atoms with Crippen LogP contribution in [0.2, 0.25) is 0 Å². The van der Waals surface area contributed by atoms with Gasteiger partial charge in [0.25, 0.3) is 0 Å². The van der Waals surface area contributed by atoms with Crippen LogP contribution in [0.1, 0.15) is 109 Å². The first-order chi connectivity index (χ1) is 26.5. The van der Waals surface area contributed by atoms with Crippen molar-refractivity contribution in [3.05, 3.63) is 117 Å². The number of allylic oxidation sites excluding steroid dienone is 5. The molecule has 0 amide bonds. The zero-order valence-corrected chi connectivity index (χ0v) is 38.0. The van der Waals surface area contributed by atoms with E-state index in [1.165, 1.54) is 108 Å². The summed E-state index contributed by atoms with van der Waals surface area (Å²) in [4.78, 5) is 5.23. The number of hydrogen-bond donors (Lipinski definition) is 0. The quantitative estimate of drug-likeness (QED) is 0.0599. The van der Waals surface area contributed by atoms with Gasteiger partial charge in [-0.3, -0.25) is 0 Å². The molecule has 7 rings (SSSR count). The number of aromatic nitrogens is 1. The predicted molar refractivity (Wildman–Crippen MR) is 234 cm³/mol. The second kappa shape index (κ2) is 18.9. The van der Waals surface area contributed by atoms with E-state index >= 15 is 0 Å². The zero-order chi connectivity index (χ0) is 37.3. The third-order valence-electron chi connectivity index (χ3n) is 10.8. The normalized spacial score (nSPS) is 19.9. The molecule has 0 fully saturated rings. The molecule has 3 aliphatic rings. The van der Waals surface area contributed by atoms with Crippen LogP contribution in [0.5, 0.6) is 0 Å². The molecule has 54 heavy (non-hydrogen) atoms. The molecule has 0 bridgehead atoms. The number of ether oxygens (including phenoxy) is 1. The Kier molecular flexibility index (Phi) is 13.8. The maximum absolute atomic E-state index is 7.62. The van der Waals surface area contributed by atoms with E-state index in [4.69, 9.17) is 4.74 Å². The molecule has 0 saturated heterocycles. The van der Waals surface area contributed by atoms with Crippen LogP contribution in [0.15, 0.2) is 113 Å². The van der Waals surface area contributed by atoms with Gasteiger partial charge in [-0.05, 0) is 0 Å². The summed E-state index contributed by atoms with van der Waals surface area (Å²) in [6.07, 6.45) is 24.2. The minimum atomic E-state index is -0.380. The summed E-state index contributed by atoms with van der Waals surface area (Å²) in [5.41, 5.74) is 6.93. The summed E-state index contributed by atoms with van der Waals surface area (Å²) < 4.78 is 17.3. The monoisotopic (exact) mass is 920 g/mol. The maximum atomic E-state index is 7.62. The Hall–Kier alpha value is -2.75. The Morgan fingerprint density at radius 3 is 2.26 bits per heavy atom. The van der Waals surface area contributed by atoms with Crippen LogP contribution in [0.4, 0.5) is 11.4 Å². The fourth-order valence-electron chi connectivity index (χ4n) is 7.90. The fraction of sp³-hybridized carbons (Fsp3) is 0.426. The molecule has 4 aromatic rings. The van der Waals surface area contributed by atoms with Gasteiger partial charge in [-0.1, -0.05) is 0 Å². The molecule has 1 aliphatic carbocycles. The minimum absolute atomic E-state index is 0.159. The van der Waals surface area contributed by atoms with E-state index in [1.54, 1.807) is 0 Å². The predicted octanol–water partition coefficient (Wildman–Crippen LogP) is 9.36. The van der Waals surface area contributed by atoms with Crippen molar-refractivity contribution in [2.75, 3.05) is 22.9 Å².